The summed E-state index contributed by atoms with van der Waals surface area (Å²) < 4.78 is 7.60. The lowest BCUT2D eigenvalue weighted by Crippen LogP contribution is -2.35. The third-order valence-electron chi connectivity index (χ3n) is 6.38. The van der Waals surface area contributed by atoms with Gasteiger partial charge < -0.3 is 19.5 Å². The lowest BCUT2D eigenvalue weighted by atomic mass is 9.95. The molecule has 1 aromatic carbocycles. The Morgan fingerprint density at radius 2 is 2.00 bits per heavy atom. The fourth-order valence-corrected chi connectivity index (χ4v) is 4.88. The average molecular weight is 444 g/mol. The van der Waals surface area contributed by atoms with Crippen molar-refractivity contribution in [3.63, 3.8) is 0 Å². The van der Waals surface area contributed by atoms with Crippen LogP contribution in [-0.4, -0.2) is 40.5 Å². The van der Waals surface area contributed by atoms with Crippen LogP contribution in [0, 0.1) is 5.92 Å². The Hall–Kier alpha value is -2.31. The minimum absolute atomic E-state index is 0.00119. The summed E-state index contributed by atoms with van der Waals surface area (Å²) in [6, 6.07) is 9.31. The van der Waals surface area contributed by atoms with Crippen LogP contribution in [-0.2, 0) is 17.9 Å². The van der Waals surface area contributed by atoms with Gasteiger partial charge in [0.05, 0.1) is 30.5 Å². The molecule has 0 saturated carbocycles. The molecule has 0 aliphatic carbocycles. The molecule has 0 unspecified atom stereocenters. The van der Waals surface area contributed by atoms with Gasteiger partial charge in [-0.05, 0) is 43.4 Å². The van der Waals surface area contributed by atoms with E-state index in [1.807, 2.05) is 33.7 Å². The molecule has 2 aromatic rings. The second kappa shape index (κ2) is 9.05. The molecule has 4 rings (SSSR count). The normalized spacial score (nSPS) is 19.4. The predicted octanol–water partition coefficient (Wildman–Crippen LogP) is 4.42. The average Bonchev–Trinajstić information content (AvgIpc) is 3.36. The van der Waals surface area contributed by atoms with Crippen LogP contribution >= 0.6 is 11.6 Å². The van der Waals surface area contributed by atoms with Crippen molar-refractivity contribution < 1.29 is 14.3 Å². The molecule has 166 valence electrons. The molecule has 1 saturated heterocycles. The number of halogens is 1. The first-order chi connectivity index (χ1) is 14.9. The van der Waals surface area contributed by atoms with Crippen LogP contribution in [0.4, 0.5) is 0 Å². The number of nitrogens with one attached hydrogen (secondary N) is 1. The van der Waals surface area contributed by atoms with E-state index in [2.05, 4.69) is 26.1 Å². The van der Waals surface area contributed by atoms with Crippen LogP contribution in [0.3, 0.4) is 0 Å². The summed E-state index contributed by atoms with van der Waals surface area (Å²) in [6.07, 6.45) is 2.04. The Morgan fingerprint density at radius 1 is 1.23 bits per heavy atom. The summed E-state index contributed by atoms with van der Waals surface area (Å²) in [4.78, 5) is 28.6. The number of nitrogens with zero attached hydrogens (tertiary/aromatic N) is 2. The fraction of sp³-hybridized carbons (Fsp3) is 0.500. The van der Waals surface area contributed by atoms with Crippen LogP contribution in [0.5, 0.6) is 0 Å². The third-order valence-corrected chi connectivity index (χ3v) is 6.72. The maximum absolute atomic E-state index is 13.4. The fourth-order valence-electron chi connectivity index (χ4n) is 4.63. The molecular formula is C24H30ClN3O3. The topological polar surface area (TPSA) is 63.6 Å². The highest BCUT2D eigenvalue weighted by Crippen LogP contribution is 2.30. The van der Waals surface area contributed by atoms with Gasteiger partial charge in [0, 0.05) is 24.2 Å². The quantitative estimate of drug-likeness (QED) is 0.743. The molecule has 0 radical (unpaired) electrons. The Balaban J connectivity index is 1.66. The number of fused-ring (bicyclic) bond motifs is 1. The van der Waals surface area contributed by atoms with Crippen LogP contribution in [0.15, 0.2) is 30.3 Å². The number of carbonyl (C=O) groups excluding carboxylic acids is 2. The van der Waals surface area contributed by atoms with E-state index < -0.39 is 0 Å². The summed E-state index contributed by atoms with van der Waals surface area (Å²) in [5.41, 5.74) is 2.74. The summed E-state index contributed by atoms with van der Waals surface area (Å²) in [5, 5.41) is 3.78. The predicted molar refractivity (Wildman–Crippen MR) is 120 cm³/mol. The lowest BCUT2D eigenvalue weighted by Gasteiger charge is -2.25. The van der Waals surface area contributed by atoms with Crippen LogP contribution in [0.1, 0.15) is 71.8 Å². The highest BCUT2D eigenvalue weighted by Gasteiger charge is 2.32. The molecule has 0 spiro atoms. The Labute approximate surface area is 188 Å². The van der Waals surface area contributed by atoms with Crippen LogP contribution in [0.2, 0.25) is 5.02 Å². The molecule has 2 amide bonds. The van der Waals surface area contributed by atoms with Crippen LogP contribution in [0.25, 0.3) is 0 Å². The van der Waals surface area contributed by atoms with Gasteiger partial charge in [-0.15, -0.1) is 0 Å². The number of ether oxygens (including phenoxy) is 1. The maximum Gasteiger partial charge on any atom is 0.270 e. The van der Waals surface area contributed by atoms with Gasteiger partial charge >= 0.3 is 0 Å². The molecule has 1 aromatic heterocycles. The van der Waals surface area contributed by atoms with Crippen molar-refractivity contribution in [2.45, 2.75) is 58.8 Å². The first kappa shape index (κ1) is 21.9. The minimum atomic E-state index is -0.237. The standard InChI is InChI=1S/C24H30ClN3O3/c1-15(2)22(17-8-4-5-9-19(17)25)26-23(29)18-13-20(28-11-12-31-14-21(18)28)24(30)27-10-6-7-16(27)3/h4-5,8-9,13,15-16,22H,6-7,10-12,14H2,1-3H3,(H,26,29)/t16-,22+/m0/s1. The summed E-state index contributed by atoms with van der Waals surface area (Å²) in [7, 11) is 0. The molecule has 3 heterocycles. The number of aromatic nitrogens is 1. The van der Waals surface area contributed by atoms with Gasteiger partial charge in [0.1, 0.15) is 5.69 Å². The van der Waals surface area contributed by atoms with Gasteiger partial charge in [0.25, 0.3) is 11.8 Å². The van der Waals surface area contributed by atoms with E-state index in [1.54, 1.807) is 6.07 Å². The maximum atomic E-state index is 13.4. The number of likely N-dealkylation sites (tertiary alicyclic amines) is 1. The van der Waals surface area contributed by atoms with Crippen molar-refractivity contribution >= 4 is 23.4 Å². The third kappa shape index (κ3) is 4.23. The molecule has 2 aliphatic heterocycles. The van der Waals surface area contributed by atoms with Crippen molar-refractivity contribution in [2.24, 2.45) is 5.92 Å². The van der Waals surface area contributed by atoms with E-state index in [0.29, 0.717) is 36.0 Å². The van der Waals surface area contributed by atoms with Gasteiger partial charge in [-0.3, -0.25) is 9.59 Å². The second-order valence-electron chi connectivity index (χ2n) is 8.80. The van der Waals surface area contributed by atoms with Crippen molar-refractivity contribution in [1.82, 2.24) is 14.8 Å². The Kier molecular flexibility index (Phi) is 6.39. The molecule has 0 bridgehead atoms. The Morgan fingerprint density at radius 3 is 2.68 bits per heavy atom. The zero-order valence-corrected chi connectivity index (χ0v) is 19.1. The van der Waals surface area contributed by atoms with Crippen molar-refractivity contribution in [2.75, 3.05) is 13.2 Å². The zero-order chi connectivity index (χ0) is 22.1. The van der Waals surface area contributed by atoms with E-state index in [4.69, 9.17) is 16.3 Å². The largest absolute Gasteiger partial charge is 0.373 e. The number of benzene rings is 1. The van der Waals surface area contributed by atoms with Crippen molar-refractivity contribution in [3.05, 3.63) is 57.9 Å². The highest BCUT2D eigenvalue weighted by molar-refractivity contribution is 6.31. The van der Waals surface area contributed by atoms with Gasteiger partial charge in [0.15, 0.2) is 0 Å². The zero-order valence-electron chi connectivity index (χ0n) is 18.4. The Bertz CT molecular complexity index is 984. The molecule has 1 fully saturated rings. The van der Waals surface area contributed by atoms with E-state index in [-0.39, 0.29) is 29.8 Å². The molecule has 31 heavy (non-hydrogen) atoms. The molecule has 1 N–H and O–H groups in total. The van der Waals surface area contributed by atoms with E-state index >= 15 is 0 Å². The van der Waals surface area contributed by atoms with Gasteiger partial charge in [-0.2, -0.15) is 0 Å². The summed E-state index contributed by atoms with van der Waals surface area (Å²) >= 11 is 6.41. The smallest absolute Gasteiger partial charge is 0.270 e. The van der Waals surface area contributed by atoms with Gasteiger partial charge in [-0.1, -0.05) is 43.6 Å². The van der Waals surface area contributed by atoms with Crippen molar-refractivity contribution in [3.8, 4) is 0 Å². The molecule has 2 aliphatic rings. The first-order valence-corrected chi connectivity index (χ1v) is 11.4. The lowest BCUT2D eigenvalue weighted by molar-refractivity contribution is 0.0683. The molecular weight excluding hydrogens is 414 g/mol. The monoisotopic (exact) mass is 443 g/mol. The van der Waals surface area contributed by atoms with Crippen LogP contribution < -0.4 is 5.32 Å². The first-order valence-electron chi connectivity index (χ1n) is 11.0. The minimum Gasteiger partial charge on any atom is -0.373 e. The summed E-state index contributed by atoms with van der Waals surface area (Å²) in [5.74, 6) is -0.0646. The molecule has 6 nitrogen and oxygen atoms in total. The number of carbonyl (C=O) groups is 2. The number of hydrogen-bond donors (Lipinski definition) is 1. The molecule has 7 heteroatoms. The molecule has 2 atom stereocenters. The number of rotatable bonds is 5. The SMILES string of the molecule is CC(C)[C@@H](NC(=O)c1cc(C(=O)N2CCC[C@@H]2C)n2c1COCC2)c1ccccc1Cl. The van der Waals surface area contributed by atoms with E-state index in [1.165, 1.54) is 0 Å². The summed E-state index contributed by atoms with van der Waals surface area (Å²) in [6.45, 7) is 8.38. The van der Waals surface area contributed by atoms with E-state index in [9.17, 15) is 9.59 Å². The highest BCUT2D eigenvalue weighted by atomic mass is 35.5. The second-order valence-corrected chi connectivity index (χ2v) is 9.21. The van der Waals surface area contributed by atoms with Crippen molar-refractivity contribution in [1.29, 1.82) is 0 Å². The number of hydrogen-bond acceptors (Lipinski definition) is 3. The van der Waals surface area contributed by atoms with E-state index in [0.717, 1.165) is 30.6 Å². The van der Waals surface area contributed by atoms with Gasteiger partial charge in [0.2, 0.25) is 0 Å². The number of amides is 2. The van der Waals surface area contributed by atoms with Gasteiger partial charge in [-0.25, -0.2) is 0 Å².